The lowest BCUT2D eigenvalue weighted by Gasteiger charge is -2.09. The predicted octanol–water partition coefficient (Wildman–Crippen LogP) is 3.06. The Kier molecular flexibility index (Phi) is 8.83. The molecule has 202 valence electrons. The average molecular weight is 521 g/mol. The Bertz CT molecular complexity index is 1320. The van der Waals surface area contributed by atoms with Gasteiger partial charge in [-0.3, -0.25) is 9.59 Å². The summed E-state index contributed by atoms with van der Waals surface area (Å²) in [4.78, 5) is 31.5. The third kappa shape index (κ3) is 6.81. The molecule has 0 aliphatic rings. The number of hydrogen-bond acceptors (Lipinski definition) is 6. The Morgan fingerprint density at radius 2 is 1.18 bits per heavy atom. The molecular formula is C28H36N6O4. The monoisotopic (exact) mass is 520 g/mol. The number of ether oxygens (including phenoxy) is 2. The van der Waals surface area contributed by atoms with E-state index in [0.717, 1.165) is 70.4 Å². The zero-order valence-electron chi connectivity index (χ0n) is 22.5. The first kappa shape index (κ1) is 27.0. The van der Waals surface area contributed by atoms with Crippen LogP contribution in [0.25, 0.3) is 22.1 Å². The first-order valence-corrected chi connectivity index (χ1v) is 12.9. The number of rotatable bonds is 13. The number of pyridine rings is 2. The molecule has 0 aliphatic carbocycles. The Balaban J connectivity index is 1.25. The molecule has 0 radical (unpaired) electrons. The summed E-state index contributed by atoms with van der Waals surface area (Å²) < 4.78 is 15.9. The number of aryl methyl sites for hydroxylation is 2. The minimum absolute atomic E-state index is 0.0308. The van der Waals surface area contributed by atoms with E-state index >= 15 is 0 Å². The molecule has 0 unspecified atom stereocenters. The van der Waals surface area contributed by atoms with Crippen LogP contribution >= 0.6 is 0 Å². The molecule has 0 aromatic carbocycles. The van der Waals surface area contributed by atoms with Crippen LogP contribution in [0.3, 0.4) is 0 Å². The van der Waals surface area contributed by atoms with E-state index in [9.17, 15) is 9.59 Å². The normalized spacial score (nSPS) is 11.2. The van der Waals surface area contributed by atoms with Crippen LogP contribution in [0.15, 0.2) is 36.9 Å². The molecule has 4 aromatic heterocycles. The van der Waals surface area contributed by atoms with Gasteiger partial charge in [0.1, 0.15) is 22.8 Å². The van der Waals surface area contributed by atoms with Gasteiger partial charge in [-0.25, -0.2) is 9.97 Å². The van der Waals surface area contributed by atoms with Crippen molar-refractivity contribution in [1.29, 1.82) is 0 Å². The smallest absolute Gasteiger partial charge is 0.216 e. The highest BCUT2D eigenvalue weighted by molar-refractivity contribution is 5.82. The summed E-state index contributed by atoms with van der Waals surface area (Å²) in [5.74, 6) is 1.40. The molecule has 0 saturated carbocycles. The number of carbonyl (C=O) groups is 2. The number of nitrogens with zero attached hydrogens (tertiary/aromatic N) is 4. The second-order valence-corrected chi connectivity index (χ2v) is 9.48. The largest absolute Gasteiger partial charge is 0.492 e. The fourth-order valence-electron chi connectivity index (χ4n) is 4.53. The van der Waals surface area contributed by atoms with E-state index in [2.05, 4.69) is 20.6 Å². The Morgan fingerprint density at radius 1 is 0.763 bits per heavy atom. The number of fused-ring (bicyclic) bond motifs is 2. The van der Waals surface area contributed by atoms with Gasteiger partial charge >= 0.3 is 0 Å². The average Bonchev–Trinajstić information content (AvgIpc) is 3.36. The van der Waals surface area contributed by atoms with Gasteiger partial charge in [-0.2, -0.15) is 0 Å². The number of carbonyl (C=O) groups excluding carboxylic acids is 2. The molecule has 38 heavy (non-hydrogen) atoms. The lowest BCUT2D eigenvalue weighted by atomic mass is 10.1. The van der Waals surface area contributed by atoms with Crippen molar-refractivity contribution in [2.75, 3.05) is 26.3 Å². The maximum Gasteiger partial charge on any atom is 0.216 e. The lowest BCUT2D eigenvalue weighted by Crippen LogP contribution is -2.22. The van der Waals surface area contributed by atoms with Crippen LogP contribution in [0, 0.1) is 0 Å². The molecule has 10 heteroatoms. The van der Waals surface area contributed by atoms with E-state index < -0.39 is 0 Å². The number of hydrogen-bond donors (Lipinski definition) is 2. The third-order valence-corrected chi connectivity index (χ3v) is 6.35. The van der Waals surface area contributed by atoms with E-state index in [0.29, 0.717) is 26.3 Å². The minimum Gasteiger partial charge on any atom is -0.492 e. The van der Waals surface area contributed by atoms with E-state index in [1.54, 1.807) is 12.4 Å². The molecule has 4 aromatic rings. The summed E-state index contributed by atoms with van der Waals surface area (Å²) in [6.07, 6.45) is 10.7. The van der Waals surface area contributed by atoms with Gasteiger partial charge in [0.2, 0.25) is 11.8 Å². The SMILES string of the molecule is CC(=O)NCCc1cn(C)c2ncc(OCCCCOc3cnc4c(c3)c(CCNC(C)=O)cn4C)cc12. The summed E-state index contributed by atoms with van der Waals surface area (Å²) in [6.45, 7) is 5.35. The van der Waals surface area contributed by atoms with Gasteiger partial charge in [-0.1, -0.05) is 0 Å². The maximum atomic E-state index is 11.2. The van der Waals surface area contributed by atoms with Gasteiger partial charge in [0.15, 0.2) is 0 Å². The predicted molar refractivity (Wildman–Crippen MR) is 146 cm³/mol. The molecule has 0 saturated heterocycles. The van der Waals surface area contributed by atoms with E-state index in [4.69, 9.17) is 9.47 Å². The van der Waals surface area contributed by atoms with Gasteiger partial charge in [0, 0.05) is 64.2 Å². The molecular weight excluding hydrogens is 484 g/mol. The number of unbranched alkanes of at least 4 members (excludes halogenated alkanes) is 1. The van der Waals surface area contributed by atoms with Crippen LogP contribution in [0.5, 0.6) is 11.5 Å². The van der Waals surface area contributed by atoms with Gasteiger partial charge < -0.3 is 29.2 Å². The Morgan fingerprint density at radius 3 is 1.58 bits per heavy atom. The van der Waals surface area contributed by atoms with Crippen molar-refractivity contribution >= 4 is 33.9 Å². The second-order valence-electron chi connectivity index (χ2n) is 9.48. The Labute approximate surface area is 222 Å². The lowest BCUT2D eigenvalue weighted by molar-refractivity contribution is -0.119. The summed E-state index contributed by atoms with van der Waals surface area (Å²) in [6, 6.07) is 4.04. The molecule has 2 amide bonds. The molecule has 0 spiro atoms. The van der Waals surface area contributed by atoms with Crippen molar-refractivity contribution in [2.45, 2.75) is 39.5 Å². The highest BCUT2D eigenvalue weighted by atomic mass is 16.5. The van der Waals surface area contributed by atoms with Gasteiger partial charge in [-0.05, 0) is 48.9 Å². The zero-order valence-corrected chi connectivity index (χ0v) is 22.5. The number of nitrogens with one attached hydrogen (secondary N) is 2. The van der Waals surface area contributed by atoms with Gasteiger partial charge in [0.05, 0.1) is 25.6 Å². The van der Waals surface area contributed by atoms with Crippen LogP contribution in [0.1, 0.15) is 37.8 Å². The quantitative estimate of drug-likeness (QED) is 0.262. The highest BCUT2D eigenvalue weighted by Gasteiger charge is 2.11. The van der Waals surface area contributed by atoms with E-state index in [-0.39, 0.29) is 11.8 Å². The molecule has 10 nitrogen and oxygen atoms in total. The van der Waals surface area contributed by atoms with Crippen LogP contribution in [-0.2, 0) is 36.5 Å². The molecule has 0 aliphatic heterocycles. The molecule has 4 heterocycles. The summed E-state index contributed by atoms with van der Waals surface area (Å²) in [5.41, 5.74) is 4.05. The second kappa shape index (κ2) is 12.4. The van der Waals surface area contributed by atoms with Crippen molar-refractivity contribution < 1.29 is 19.1 Å². The van der Waals surface area contributed by atoms with Crippen LogP contribution in [0.2, 0.25) is 0 Å². The maximum absolute atomic E-state index is 11.2. The van der Waals surface area contributed by atoms with Crippen molar-refractivity contribution in [1.82, 2.24) is 29.7 Å². The van der Waals surface area contributed by atoms with Crippen LogP contribution in [0.4, 0.5) is 0 Å². The van der Waals surface area contributed by atoms with Crippen molar-refractivity contribution in [3.05, 3.63) is 48.0 Å². The molecule has 2 N–H and O–H groups in total. The summed E-state index contributed by atoms with van der Waals surface area (Å²) in [5, 5.41) is 7.77. The minimum atomic E-state index is -0.0308. The van der Waals surface area contributed by atoms with E-state index in [1.807, 2.05) is 47.8 Å². The highest BCUT2D eigenvalue weighted by Crippen LogP contribution is 2.25. The first-order valence-electron chi connectivity index (χ1n) is 12.9. The zero-order chi connectivity index (χ0) is 27.1. The number of amides is 2. The summed E-state index contributed by atoms with van der Waals surface area (Å²) in [7, 11) is 3.94. The first-order chi connectivity index (χ1) is 18.3. The van der Waals surface area contributed by atoms with Crippen LogP contribution in [-0.4, -0.2) is 57.2 Å². The molecule has 4 rings (SSSR count). The molecule has 0 fully saturated rings. The van der Waals surface area contributed by atoms with Crippen molar-refractivity contribution in [3.8, 4) is 11.5 Å². The van der Waals surface area contributed by atoms with Crippen LogP contribution < -0.4 is 20.1 Å². The van der Waals surface area contributed by atoms with Crippen molar-refractivity contribution in [2.24, 2.45) is 14.1 Å². The Hall–Kier alpha value is -4.08. The van der Waals surface area contributed by atoms with Gasteiger partial charge in [-0.15, -0.1) is 0 Å². The van der Waals surface area contributed by atoms with E-state index in [1.165, 1.54) is 13.8 Å². The fourth-order valence-corrected chi connectivity index (χ4v) is 4.53. The third-order valence-electron chi connectivity index (χ3n) is 6.35. The summed E-state index contributed by atoms with van der Waals surface area (Å²) >= 11 is 0. The molecule has 0 bridgehead atoms. The topological polar surface area (TPSA) is 112 Å². The van der Waals surface area contributed by atoms with Crippen molar-refractivity contribution in [3.63, 3.8) is 0 Å². The van der Waals surface area contributed by atoms with Gasteiger partial charge in [0.25, 0.3) is 0 Å². The fraction of sp³-hybridized carbons (Fsp3) is 0.429. The molecule has 0 atom stereocenters. The standard InChI is InChI=1S/C28H36N6O4/c1-19(35)29-9-7-21-17-33(3)27-25(21)13-23(15-31-27)37-11-5-6-12-38-24-14-26-22(8-10-30-20(2)36)18-34(4)28(26)32-16-24/h13-18H,5-12H2,1-4H3,(H,29,35)(H,30,36). The number of aromatic nitrogens is 4.